The van der Waals surface area contributed by atoms with E-state index in [1.165, 1.54) is 0 Å². The molecule has 0 aromatic heterocycles. The number of rotatable bonds is 4. The van der Waals surface area contributed by atoms with E-state index in [-0.39, 0.29) is 18.5 Å². The number of nitrogens with two attached hydrogens (primary N) is 1. The summed E-state index contributed by atoms with van der Waals surface area (Å²) in [6.45, 7) is 4.61. The van der Waals surface area contributed by atoms with Gasteiger partial charge in [-0.05, 0) is 34.5 Å². The molecule has 0 aliphatic carbocycles. The van der Waals surface area contributed by atoms with Gasteiger partial charge < -0.3 is 15.2 Å². The Morgan fingerprint density at radius 3 is 2.72 bits per heavy atom. The number of ketones is 1. The first-order valence-corrected chi connectivity index (χ1v) is 6.70. The van der Waals surface area contributed by atoms with Crippen molar-refractivity contribution < 1.29 is 14.3 Å². The van der Waals surface area contributed by atoms with Gasteiger partial charge in [0.15, 0.2) is 17.3 Å². The zero-order valence-corrected chi connectivity index (χ0v) is 12.0. The molecule has 0 unspecified atom stereocenters. The van der Waals surface area contributed by atoms with Crippen LogP contribution in [0.5, 0.6) is 11.5 Å². The first-order chi connectivity index (χ1) is 8.56. The predicted molar refractivity (Wildman–Crippen MR) is 72.4 cm³/mol. The summed E-state index contributed by atoms with van der Waals surface area (Å²) in [5.74, 6) is 1.59. The monoisotopic (exact) mass is 313 g/mol. The smallest absolute Gasteiger partial charge is 0.231 e. The van der Waals surface area contributed by atoms with Gasteiger partial charge in [0.25, 0.3) is 0 Å². The first kappa shape index (κ1) is 13.4. The molecule has 0 amide bonds. The highest BCUT2D eigenvalue weighted by Gasteiger charge is 2.27. The molecule has 0 saturated heterocycles. The van der Waals surface area contributed by atoms with Gasteiger partial charge in [0, 0.05) is 17.5 Å². The molecule has 2 N–H and O–H groups in total. The lowest BCUT2D eigenvalue weighted by Crippen LogP contribution is -2.11. The molecule has 4 nitrogen and oxygen atoms in total. The molecule has 1 heterocycles. The van der Waals surface area contributed by atoms with Crippen LogP contribution in [0.1, 0.15) is 42.1 Å². The Bertz CT molecular complexity index is 486. The molecule has 0 radical (unpaired) electrons. The number of carbonyl (C=O) groups excluding carboxylic acids is 1. The van der Waals surface area contributed by atoms with Crippen LogP contribution in [-0.2, 0) is 0 Å². The number of carbonyl (C=O) groups is 1. The van der Waals surface area contributed by atoms with Crippen molar-refractivity contribution in [3.05, 3.63) is 21.7 Å². The SMILES string of the molecule is CC(C)c1c(C(=O)CCN)cc(Br)c2c1OCO2. The van der Waals surface area contributed by atoms with E-state index < -0.39 is 0 Å². The Kier molecular flexibility index (Phi) is 3.92. The maximum absolute atomic E-state index is 12.1. The van der Waals surface area contributed by atoms with E-state index in [9.17, 15) is 4.79 Å². The summed E-state index contributed by atoms with van der Waals surface area (Å²) in [7, 11) is 0. The van der Waals surface area contributed by atoms with E-state index in [2.05, 4.69) is 15.9 Å². The van der Waals surface area contributed by atoms with Crippen LogP contribution in [0.15, 0.2) is 10.5 Å². The van der Waals surface area contributed by atoms with Crippen LogP contribution in [0.2, 0.25) is 0 Å². The van der Waals surface area contributed by atoms with E-state index in [1.807, 2.05) is 13.8 Å². The van der Waals surface area contributed by atoms with Crippen LogP contribution < -0.4 is 15.2 Å². The zero-order chi connectivity index (χ0) is 13.3. The quantitative estimate of drug-likeness (QED) is 0.868. The average molecular weight is 314 g/mol. The molecular weight excluding hydrogens is 298 g/mol. The van der Waals surface area contributed by atoms with Crippen molar-refractivity contribution in [3.8, 4) is 11.5 Å². The fraction of sp³-hybridized carbons (Fsp3) is 0.462. The highest BCUT2D eigenvalue weighted by Crippen LogP contribution is 2.46. The summed E-state index contributed by atoms with van der Waals surface area (Å²) in [4.78, 5) is 12.1. The number of halogens is 1. The van der Waals surface area contributed by atoms with Crippen molar-refractivity contribution in [1.29, 1.82) is 0 Å². The third kappa shape index (κ3) is 2.24. The normalized spacial score (nSPS) is 13.2. The maximum Gasteiger partial charge on any atom is 0.231 e. The molecule has 1 aromatic rings. The van der Waals surface area contributed by atoms with E-state index in [4.69, 9.17) is 15.2 Å². The molecule has 5 heteroatoms. The summed E-state index contributed by atoms with van der Waals surface area (Å²) in [6, 6.07) is 1.81. The van der Waals surface area contributed by atoms with Gasteiger partial charge in [-0.3, -0.25) is 4.79 Å². The van der Waals surface area contributed by atoms with Crippen LogP contribution in [0, 0.1) is 0 Å². The largest absolute Gasteiger partial charge is 0.453 e. The Hall–Kier alpha value is -1.07. The number of fused-ring (bicyclic) bond motifs is 1. The van der Waals surface area contributed by atoms with Gasteiger partial charge in [-0.1, -0.05) is 13.8 Å². The van der Waals surface area contributed by atoms with E-state index >= 15 is 0 Å². The third-order valence-electron chi connectivity index (χ3n) is 2.88. The molecule has 2 rings (SSSR count). The molecule has 0 saturated carbocycles. The molecule has 1 aromatic carbocycles. The number of benzene rings is 1. The van der Waals surface area contributed by atoms with Gasteiger partial charge in [0.05, 0.1) is 4.47 Å². The zero-order valence-electron chi connectivity index (χ0n) is 10.5. The lowest BCUT2D eigenvalue weighted by atomic mass is 9.92. The lowest BCUT2D eigenvalue weighted by molar-refractivity contribution is 0.0983. The highest BCUT2D eigenvalue weighted by molar-refractivity contribution is 9.10. The summed E-state index contributed by atoms with van der Waals surface area (Å²) in [5.41, 5.74) is 7.03. The number of hydrogen-bond donors (Lipinski definition) is 1. The second-order valence-corrected chi connectivity index (χ2v) is 5.36. The lowest BCUT2D eigenvalue weighted by Gasteiger charge is -2.15. The maximum atomic E-state index is 12.1. The summed E-state index contributed by atoms with van der Waals surface area (Å²) in [5, 5.41) is 0. The van der Waals surface area contributed by atoms with Crippen molar-refractivity contribution in [2.45, 2.75) is 26.2 Å². The molecule has 1 aliphatic rings. The Morgan fingerprint density at radius 2 is 2.11 bits per heavy atom. The second-order valence-electron chi connectivity index (χ2n) is 4.50. The van der Waals surface area contributed by atoms with Crippen LogP contribution in [0.3, 0.4) is 0 Å². The van der Waals surface area contributed by atoms with Crippen LogP contribution in [0.25, 0.3) is 0 Å². The minimum Gasteiger partial charge on any atom is -0.453 e. The molecule has 18 heavy (non-hydrogen) atoms. The van der Waals surface area contributed by atoms with Crippen molar-refractivity contribution >= 4 is 21.7 Å². The van der Waals surface area contributed by atoms with Gasteiger partial charge in [0.1, 0.15) is 0 Å². The van der Waals surface area contributed by atoms with Crippen LogP contribution in [-0.4, -0.2) is 19.1 Å². The number of ether oxygens (including phenoxy) is 2. The summed E-state index contributed by atoms with van der Waals surface area (Å²) >= 11 is 3.41. The topological polar surface area (TPSA) is 61.6 Å². The van der Waals surface area contributed by atoms with E-state index in [0.717, 1.165) is 10.0 Å². The van der Waals surface area contributed by atoms with Gasteiger partial charge in [-0.25, -0.2) is 0 Å². The van der Waals surface area contributed by atoms with Gasteiger partial charge in [-0.15, -0.1) is 0 Å². The van der Waals surface area contributed by atoms with Crippen molar-refractivity contribution in [2.75, 3.05) is 13.3 Å². The van der Waals surface area contributed by atoms with E-state index in [0.29, 0.717) is 30.0 Å². The summed E-state index contributed by atoms with van der Waals surface area (Å²) in [6.07, 6.45) is 0.339. The minimum atomic E-state index is 0.0419. The Labute approximate surface area is 115 Å². The molecular formula is C13H16BrNO3. The van der Waals surface area contributed by atoms with Crippen molar-refractivity contribution in [2.24, 2.45) is 5.73 Å². The van der Waals surface area contributed by atoms with Crippen LogP contribution >= 0.6 is 15.9 Å². The molecule has 0 bridgehead atoms. The van der Waals surface area contributed by atoms with Gasteiger partial charge in [-0.2, -0.15) is 0 Å². The molecule has 0 atom stereocenters. The molecule has 0 fully saturated rings. The van der Waals surface area contributed by atoms with E-state index in [1.54, 1.807) is 6.07 Å². The first-order valence-electron chi connectivity index (χ1n) is 5.91. The fourth-order valence-corrected chi connectivity index (χ4v) is 2.64. The number of hydrogen-bond acceptors (Lipinski definition) is 4. The average Bonchev–Trinajstić information content (AvgIpc) is 2.77. The predicted octanol–water partition coefficient (Wildman–Crippen LogP) is 2.83. The van der Waals surface area contributed by atoms with Crippen LogP contribution in [0.4, 0.5) is 0 Å². The molecule has 0 spiro atoms. The standard InChI is InChI=1S/C13H16BrNO3/c1-7(2)11-8(10(16)3-4-15)5-9(14)12-13(11)18-6-17-12/h5,7H,3-4,6,15H2,1-2H3. The minimum absolute atomic E-state index is 0.0419. The third-order valence-corrected chi connectivity index (χ3v) is 3.47. The van der Waals surface area contributed by atoms with Crippen molar-refractivity contribution in [3.63, 3.8) is 0 Å². The highest BCUT2D eigenvalue weighted by atomic mass is 79.9. The Balaban J connectivity index is 2.58. The van der Waals surface area contributed by atoms with Gasteiger partial charge >= 0.3 is 0 Å². The fourth-order valence-electron chi connectivity index (χ4n) is 2.12. The van der Waals surface area contributed by atoms with Crippen molar-refractivity contribution in [1.82, 2.24) is 0 Å². The Morgan fingerprint density at radius 1 is 1.44 bits per heavy atom. The van der Waals surface area contributed by atoms with Gasteiger partial charge in [0.2, 0.25) is 6.79 Å². The molecule has 1 aliphatic heterocycles. The second kappa shape index (κ2) is 5.28. The molecule has 98 valence electrons. The summed E-state index contributed by atoms with van der Waals surface area (Å²) < 4.78 is 11.7. The number of Topliss-reactive ketones (excluding diaryl/α,β-unsaturated/α-hetero) is 1.